The second kappa shape index (κ2) is 12.3. The zero-order valence-electron chi connectivity index (χ0n) is 18.3. The molecule has 1 heterocycles. The van der Waals surface area contributed by atoms with E-state index in [0.717, 1.165) is 0 Å². The highest BCUT2D eigenvalue weighted by Crippen LogP contribution is 2.26. The van der Waals surface area contributed by atoms with Crippen molar-refractivity contribution < 1.29 is 33.3 Å². The van der Waals surface area contributed by atoms with Gasteiger partial charge in [-0.25, -0.2) is 4.79 Å². The number of morpholine rings is 1. The fourth-order valence-electron chi connectivity index (χ4n) is 3.26. The molecule has 168 valence electrons. The van der Waals surface area contributed by atoms with Gasteiger partial charge in [0.25, 0.3) is 0 Å². The first-order chi connectivity index (χ1) is 14.5. The van der Waals surface area contributed by atoms with E-state index in [0.29, 0.717) is 44.2 Å². The molecule has 1 saturated heterocycles. The summed E-state index contributed by atoms with van der Waals surface area (Å²) in [5, 5.41) is 0. The molecule has 1 aromatic carbocycles. The van der Waals surface area contributed by atoms with Crippen LogP contribution >= 0.6 is 0 Å². The molecule has 1 aromatic rings. The van der Waals surface area contributed by atoms with Gasteiger partial charge in [-0.15, -0.1) is 0 Å². The Bertz CT molecular complexity index is 679. The van der Waals surface area contributed by atoms with Gasteiger partial charge in [-0.05, 0) is 31.4 Å². The molecular weight excluding hydrogens is 390 g/mol. The Labute approximate surface area is 178 Å². The van der Waals surface area contributed by atoms with Gasteiger partial charge in [0, 0.05) is 6.54 Å². The van der Waals surface area contributed by atoms with Crippen molar-refractivity contribution in [3.8, 4) is 11.5 Å². The summed E-state index contributed by atoms with van der Waals surface area (Å²) in [7, 11) is 0. The van der Waals surface area contributed by atoms with E-state index in [9.17, 15) is 9.59 Å². The molecule has 2 atom stereocenters. The second-order valence-corrected chi connectivity index (χ2v) is 7.38. The van der Waals surface area contributed by atoms with Gasteiger partial charge >= 0.3 is 12.1 Å². The van der Waals surface area contributed by atoms with Crippen molar-refractivity contribution in [1.82, 2.24) is 4.90 Å². The molecule has 8 heteroatoms. The average molecular weight is 424 g/mol. The number of hydrogen-bond donors (Lipinski definition) is 0. The Morgan fingerprint density at radius 2 is 1.83 bits per heavy atom. The quantitative estimate of drug-likeness (QED) is 0.421. The maximum Gasteiger partial charge on any atom is 0.412 e. The summed E-state index contributed by atoms with van der Waals surface area (Å²) in [6.45, 7) is 9.30. The average Bonchev–Trinajstić information content (AvgIpc) is 2.73. The highest BCUT2D eigenvalue weighted by Gasteiger charge is 2.27. The van der Waals surface area contributed by atoms with Crippen LogP contribution in [0.2, 0.25) is 0 Å². The van der Waals surface area contributed by atoms with Crippen molar-refractivity contribution >= 4 is 12.1 Å². The Morgan fingerprint density at radius 3 is 2.47 bits per heavy atom. The van der Waals surface area contributed by atoms with E-state index in [1.165, 1.54) is 4.90 Å². The summed E-state index contributed by atoms with van der Waals surface area (Å²) in [6, 6.07) is 7.42. The minimum atomic E-state index is -0.539. The molecule has 1 fully saturated rings. The van der Waals surface area contributed by atoms with Gasteiger partial charge in [0.05, 0.1) is 25.7 Å². The summed E-state index contributed by atoms with van der Waals surface area (Å²) in [5.41, 5.74) is 0. The van der Waals surface area contributed by atoms with Gasteiger partial charge in [-0.3, -0.25) is 4.79 Å². The minimum absolute atomic E-state index is 0.172. The smallest absolute Gasteiger partial charge is 0.412 e. The lowest BCUT2D eigenvalue weighted by Crippen LogP contribution is -2.48. The summed E-state index contributed by atoms with van der Waals surface area (Å²) < 4.78 is 27.3. The highest BCUT2D eigenvalue weighted by molar-refractivity contribution is 5.73. The predicted molar refractivity (Wildman–Crippen MR) is 110 cm³/mol. The molecule has 2 unspecified atom stereocenters. The summed E-state index contributed by atoms with van der Waals surface area (Å²) >= 11 is 0. The normalized spacial score (nSPS) is 17.4. The third kappa shape index (κ3) is 7.09. The Hall–Kier alpha value is -2.48. The molecule has 0 radical (unpaired) electrons. The Morgan fingerprint density at radius 1 is 1.13 bits per heavy atom. The van der Waals surface area contributed by atoms with Crippen molar-refractivity contribution in [3.05, 3.63) is 24.3 Å². The number of rotatable bonds is 10. The lowest BCUT2D eigenvalue weighted by molar-refractivity contribution is -0.159. The molecule has 2 rings (SSSR count). The maximum absolute atomic E-state index is 12.3. The molecule has 1 aliphatic rings. The first-order valence-electron chi connectivity index (χ1n) is 10.5. The fourth-order valence-corrected chi connectivity index (χ4v) is 3.26. The molecule has 0 spiro atoms. The number of ether oxygens (including phenoxy) is 5. The first-order valence-corrected chi connectivity index (χ1v) is 10.5. The van der Waals surface area contributed by atoms with Crippen LogP contribution in [0.15, 0.2) is 24.3 Å². The molecule has 0 N–H and O–H groups in total. The molecular formula is C22H33NO7. The van der Waals surface area contributed by atoms with Gasteiger partial charge in [-0.2, -0.15) is 0 Å². The predicted octanol–water partition coefficient (Wildman–Crippen LogP) is 3.48. The Kier molecular flexibility index (Phi) is 9.73. The van der Waals surface area contributed by atoms with Crippen molar-refractivity contribution in [2.24, 2.45) is 11.8 Å². The number of nitrogens with zero attached hydrogens (tertiary/aromatic N) is 1. The Balaban J connectivity index is 1.77. The maximum atomic E-state index is 12.3. The number of carbonyl (C=O) groups is 2. The number of para-hydroxylation sites is 2. The lowest BCUT2D eigenvalue weighted by atomic mass is 9.94. The topological polar surface area (TPSA) is 83.5 Å². The van der Waals surface area contributed by atoms with Crippen LogP contribution in [-0.4, -0.2) is 62.8 Å². The van der Waals surface area contributed by atoms with Gasteiger partial charge in [0.2, 0.25) is 6.79 Å². The van der Waals surface area contributed by atoms with Gasteiger partial charge in [0.15, 0.2) is 11.5 Å². The molecule has 1 amide bonds. The van der Waals surface area contributed by atoms with E-state index in [-0.39, 0.29) is 37.3 Å². The van der Waals surface area contributed by atoms with Crippen LogP contribution in [0.5, 0.6) is 11.5 Å². The fraction of sp³-hybridized carbons (Fsp3) is 0.636. The van der Waals surface area contributed by atoms with E-state index in [4.69, 9.17) is 23.7 Å². The van der Waals surface area contributed by atoms with Crippen LogP contribution in [0.3, 0.4) is 0 Å². The number of amides is 1. The molecule has 1 aliphatic heterocycles. The molecule has 8 nitrogen and oxygen atoms in total. The molecule has 30 heavy (non-hydrogen) atoms. The zero-order valence-corrected chi connectivity index (χ0v) is 18.3. The summed E-state index contributed by atoms with van der Waals surface area (Å²) in [4.78, 5) is 25.9. The van der Waals surface area contributed by atoms with Crippen molar-refractivity contribution in [2.45, 2.75) is 40.2 Å². The van der Waals surface area contributed by atoms with Crippen LogP contribution in [0.25, 0.3) is 0 Å². The van der Waals surface area contributed by atoms with E-state index in [1.807, 2.05) is 52.0 Å². The summed E-state index contributed by atoms with van der Waals surface area (Å²) in [5.74, 6) is 0.923. The molecule has 0 saturated carbocycles. The van der Waals surface area contributed by atoms with Gasteiger partial charge in [0.1, 0.15) is 12.7 Å². The third-order valence-corrected chi connectivity index (χ3v) is 4.90. The highest BCUT2D eigenvalue weighted by atomic mass is 16.7. The molecule has 0 aliphatic carbocycles. The minimum Gasteiger partial charge on any atom is -0.490 e. The molecule has 0 bridgehead atoms. The van der Waals surface area contributed by atoms with Gasteiger partial charge < -0.3 is 28.6 Å². The van der Waals surface area contributed by atoms with E-state index < -0.39 is 6.09 Å². The zero-order chi connectivity index (χ0) is 21.9. The van der Waals surface area contributed by atoms with E-state index in [1.54, 1.807) is 0 Å². The standard InChI is InChI=1S/C22H33NO7/c1-5-18(16(3)4)21(24)29-15-30-22(25)23-11-12-27-17(13-23)14-28-20-10-8-7-9-19(20)26-6-2/h7-10,16-18H,5-6,11-15H2,1-4H3. The van der Waals surface area contributed by atoms with Crippen LogP contribution in [0.4, 0.5) is 4.79 Å². The summed E-state index contributed by atoms with van der Waals surface area (Å²) in [6.07, 6.45) is -0.153. The van der Waals surface area contributed by atoms with Crippen molar-refractivity contribution in [3.63, 3.8) is 0 Å². The van der Waals surface area contributed by atoms with Crippen LogP contribution in [-0.2, 0) is 19.0 Å². The van der Waals surface area contributed by atoms with E-state index in [2.05, 4.69) is 0 Å². The van der Waals surface area contributed by atoms with Crippen molar-refractivity contribution in [2.75, 3.05) is 39.7 Å². The van der Waals surface area contributed by atoms with Crippen molar-refractivity contribution in [1.29, 1.82) is 0 Å². The SMILES string of the molecule is CCOc1ccccc1OCC1CN(C(=O)OCOC(=O)C(CC)C(C)C)CCO1. The first kappa shape index (κ1) is 23.8. The van der Waals surface area contributed by atoms with E-state index >= 15 is 0 Å². The number of hydrogen-bond acceptors (Lipinski definition) is 7. The van der Waals surface area contributed by atoms with Crippen LogP contribution in [0.1, 0.15) is 34.1 Å². The second-order valence-electron chi connectivity index (χ2n) is 7.38. The van der Waals surface area contributed by atoms with Gasteiger partial charge in [-0.1, -0.05) is 32.9 Å². The third-order valence-electron chi connectivity index (χ3n) is 4.90. The number of esters is 1. The largest absolute Gasteiger partial charge is 0.490 e. The molecule has 0 aromatic heterocycles. The lowest BCUT2D eigenvalue weighted by Gasteiger charge is -2.32. The monoisotopic (exact) mass is 423 g/mol. The number of benzene rings is 1. The van der Waals surface area contributed by atoms with Crippen LogP contribution < -0.4 is 9.47 Å². The van der Waals surface area contributed by atoms with Crippen LogP contribution in [0, 0.1) is 11.8 Å². The number of carbonyl (C=O) groups excluding carboxylic acids is 2.